The Morgan fingerprint density at radius 2 is 1.60 bits per heavy atom. The summed E-state index contributed by atoms with van der Waals surface area (Å²) in [5.41, 5.74) is 2.74. The van der Waals surface area contributed by atoms with Crippen molar-refractivity contribution in [2.75, 3.05) is 60.1 Å². The van der Waals surface area contributed by atoms with E-state index in [0.29, 0.717) is 40.3 Å². The van der Waals surface area contributed by atoms with Crippen LogP contribution in [-0.4, -0.2) is 101 Å². The van der Waals surface area contributed by atoms with Crippen LogP contribution in [0.3, 0.4) is 0 Å². The van der Waals surface area contributed by atoms with Gasteiger partial charge in [0.15, 0.2) is 0 Å². The van der Waals surface area contributed by atoms with E-state index in [1.807, 2.05) is 13.8 Å². The molecule has 2 atom stereocenters. The van der Waals surface area contributed by atoms with Gasteiger partial charge in [0.2, 0.25) is 15.9 Å². The average Bonchev–Trinajstić information content (AvgIpc) is 3.03. The summed E-state index contributed by atoms with van der Waals surface area (Å²) >= 11 is 0. The molecular formula is C35H52N4O5S. The molecule has 10 heteroatoms. The SMILES string of the molecule is COc1cc(C)c(S(=O)(=O)N2CCCCC2COCC(=O)NC2CCC(C(c3ccccc3)N3CCN(C)CC3)CC2)c(C)c1. The summed E-state index contributed by atoms with van der Waals surface area (Å²) in [6.45, 7) is 8.59. The van der Waals surface area contributed by atoms with Crippen LogP contribution in [0.1, 0.15) is 67.7 Å². The molecule has 9 nitrogen and oxygen atoms in total. The summed E-state index contributed by atoms with van der Waals surface area (Å²) in [4.78, 5) is 18.3. The molecule has 2 aliphatic heterocycles. The molecule has 5 rings (SSSR count). The lowest BCUT2D eigenvalue weighted by Crippen LogP contribution is -2.49. The van der Waals surface area contributed by atoms with Crippen LogP contribution in [0.15, 0.2) is 47.4 Å². The molecule has 248 valence electrons. The fourth-order valence-electron chi connectivity index (χ4n) is 7.68. The van der Waals surface area contributed by atoms with Gasteiger partial charge in [-0.15, -0.1) is 0 Å². The second kappa shape index (κ2) is 15.4. The fraction of sp³-hybridized carbons (Fsp3) is 0.629. The van der Waals surface area contributed by atoms with Crippen molar-refractivity contribution in [2.45, 2.75) is 81.8 Å². The molecule has 3 fully saturated rings. The molecule has 1 saturated carbocycles. The Hall–Kier alpha value is -2.50. The number of nitrogens with zero attached hydrogens (tertiary/aromatic N) is 3. The van der Waals surface area contributed by atoms with E-state index in [1.54, 1.807) is 23.5 Å². The van der Waals surface area contributed by atoms with E-state index in [9.17, 15) is 13.2 Å². The Morgan fingerprint density at radius 1 is 0.933 bits per heavy atom. The first kappa shape index (κ1) is 33.9. The maximum Gasteiger partial charge on any atom is 0.246 e. The quantitative estimate of drug-likeness (QED) is 0.386. The Bertz CT molecular complexity index is 1350. The smallest absolute Gasteiger partial charge is 0.246 e. The van der Waals surface area contributed by atoms with Crippen molar-refractivity contribution < 1.29 is 22.7 Å². The normalized spacial score (nSPS) is 24.7. The molecule has 2 saturated heterocycles. The van der Waals surface area contributed by atoms with Crippen LogP contribution in [-0.2, 0) is 19.6 Å². The maximum absolute atomic E-state index is 13.8. The second-order valence-corrected chi connectivity index (χ2v) is 15.1. The summed E-state index contributed by atoms with van der Waals surface area (Å²) in [5, 5.41) is 3.21. The number of sulfonamides is 1. The highest BCUT2D eigenvalue weighted by Crippen LogP contribution is 2.39. The van der Waals surface area contributed by atoms with Crippen molar-refractivity contribution in [1.29, 1.82) is 0 Å². The van der Waals surface area contributed by atoms with E-state index in [-0.39, 0.29) is 31.2 Å². The molecule has 45 heavy (non-hydrogen) atoms. The standard InChI is InChI=1S/C35H52N4O5S/c1-26-22-32(43-4)23-27(2)35(26)45(41,42)39-17-9-8-12-31(39)24-44-25-33(40)36-30-15-13-29(14-16-30)34(28-10-6-5-7-11-28)38-20-18-37(3)19-21-38/h5-7,10-11,22-23,29-31,34H,8-9,12-21,24-25H2,1-4H3,(H,36,40). The van der Waals surface area contributed by atoms with E-state index in [2.05, 4.69) is 52.5 Å². The number of piperazine rings is 1. The number of hydrogen-bond donors (Lipinski definition) is 1. The van der Waals surface area contributed by atoms with Gasteiger partial charge in [-0.2, -0.15) is 4.31 Å². The number of carbonyl (C=O) groups is 1. The Labute approximate surface area is 270 Å². The van der Waals surface area contributed by atoms with Gasteiger partial charge in [0.1, 0.15) is 12.4 Å². The molecule has 2 aromatic carbocycles. The Balaban J connectivity index is 1.12. The number of ether oxygens (including phenoxy) is 2. The van der Waals surface area contributed by atoms with E-state index in [4.69, 9.17) is 9.47 Å². The molecule has 0 spiro atoms. The predicted molar refractivity (Wildman–Crippen MR) is 177 cm³/mol. The number of hydrogen-bond acceptors (Lipinski definition) is 7. The van der Waals surface area contributed by atoms with E-state index >= 15 is 0 Å². The van der Waals surface area contributed by atoms with Gasteiger partial charge in [-0.25, -0.2) is 8.42 Å². The minimum atomic E-state index is -3.72. The summed E-state index contributed by atoms with van der Waals surface area (Å²) in [5.74, 6) is 1.09. The monoisotopic (exact) mass is 640 g/mol. The molecule has 1 N–H and O–H groups in total. The minimum absolute atomic E-state index is 0.0567. The topological polar surface area (TPSA) is 91.4 Å². The third-order valence-corrected chi connectivity index (χ3v) is 12.3. The third-order valence-electron chi connectivity index (χ3n) is 10.0. The first-order chi connectivity index (χ1) is 21.7. The zero-order valence-electron chi connectivity index (χ0n) is 27.5. The maximum atomic E-state index is 13.8. The summed E-state index contributed by atoms with van der Waals surface area (Å²) in [7, 11) is 0.0569. The minimum Gasteiger partial charge on any atom is -0.497 e. The highest BCUT2D eigenvalue weighted by atomic mass is 32.2. The van der Waals surface area contributed by atoms with Gasteiger partial charge in [0.05, 0.1) is 18.6 Å². The molecule has 0 radical (unpaired) electrons. The third kappa shape index (κ3) is 8.27. The highest BCUT2D eigenvalue weighted by molar-refractivity contribution is 7.89. The lowest BCUT2D eigenvalue weighted by Gasteiger charge is -2.44. The molecule has 2 heterocycles. The number of aryl methyl sites for hydroxylation is 2. The zero-order valence-corrected chi connectivity index (χ0v) is 28.4. The summed E-state index contributed by atoms with van der Waals surface area (Å²) < 4.78 is 40.5. The van der Waals surface area contributed by atoms with E-state index in [0.717, 1.165) is 71.1 Å². The summed E-state index contributed by atoms with van der Waals surface area (Å²) in [6, 6.07) is 14.7. The number of methoxy groups -OCH3 is 1. The zero-order chi connectivity index (χ0) is 32.0. The van der Waals surface area contributed by atoms with Crippen LogP contribution in [0, 0.1) is 19.8 Å². The van der Waals surface area contributed by atoms with E-state index < -0.39 is 10.0 Å². The van der Waals surface area contributed by atoms with Crippen molar-refractivity contribution in [2.24, 2.45) is 5.92 Å². The van der Waals surface area contributed by atoms with Crippen molar-refractivity contribution in [3.8, 4) is 5.75 Å². The van der Waals surface area contributed by atoms with Crippen molar-refractivity contribution in [1.82, 2.24) is 19.4 Å². The van der Waals surface area contributed by atoms with Crippen molar-refractivity contribution in [3.05, 3.63) is 59.2 Å². The molecular weight excluding hydrogens is 588 g/mol. The molecule has 1 aliphatic carbocycles. The lowest BCUT2D eigenvalue weighted by molar-refractivity contribution is -0.127. The first-order valence-corrected chi connectivity index (χ1v) is 18.1. The number of benzene rings is 2. The van der Waals surface area contributed by atoms with Gasteiger partial charge in [-0.3, -0.25) is 9.69 Å². The van der Waals surface area contributed by atoms with Crippen LogP contribution in [0.5, 0.6) is 5.75 Å². The van der Waals surface area contributed by atoms with Gasteiger partial charge >= 0.3 is 0 Å². The van der Waals surface area contributed by atoms with E-state index in [1.165, 1.54) is 5.56 Å². The number of rotatable bonds is 11. The molecule has 1 amide bonds. The average molecular weight is 641 g/mol. The highest BCUT2D eigenvalue weighted by Gasteiger charge is 2.36. The number of likely N-dealkylation sites (N-methyl/N-ethyl adjacent to an activating group) is 1. The van der Waals surface area contributed by atoms with Crippen molar-refractivity contribution >= 4 is 15.9 Å². The van der Waals surface area contributed by atoms with Gasteiger partial charge in [-0.1, -0.05) is 36.8 Å². The van der Waals surface area contributed by atoms with Crippen LogP contribution in [0.4, 0.5) is 0 Å². The Kier molecular flexibility index (Phi) is 11.6. The molecule has 2 unspecified atom stereocenters. The number of amides is 1. The summed E-state index contributed by atoms with van der Waals surface area (Å²) in [6.07, 6.45) is 6.55. The number of nitrogens with one attached hydrogen (secondary N) is 1. The fourth-order valence-corrected chi connectivity index (χ4v) is 9.77. The van der Waals surface area contributed by atoms with Crippen LogP contribution in [0.2, 0.25) is 0 Å². The lowest BCUT2D eigenvalue weighted by atomic mass is 9.78. The van der Waals surface area contributed by atoms with Crippen molar-refractivity contribution in [3.63, 3.8) is 0 Å². The number of carbonyl (C=O) groups excluding carboxylic acids is 1. The molecule has 2 aromatic rings. The van der Waals surface area contributed by atoms with Crippen LogP contribution >= 0.6 is 0 Å². The van der Waals surface area contributed by atoms with Gasteiger partial charge in [0.25, 0.3) is 0 Å². The van der Waals surface area contributed by atoms with Gasteiger partial charge < -0.3 is 19.7 Å². The first-order valence-electron chi connectivity index (χ1n) is 16.7. The molecule has 3 aliphatic rings. The van der Waals surface area contributed by atoms with Crippen LogP contribution in [0.25, 0.3) is 0 Å². The Morgan fingerprint density at radius 3 is 2.24 bits per heavy atom. The van der Waals surface area contributed by atoms with Gasteiger partial charge in [0, 0.05) is 50.8 Å². The van der Waals surface area contributed by atoms with Crippen LogP contribution < -0.4 is 10.1 Å². The predicted octanol–water partition coefficient (Wildman–Crippen LogP) is 4.54. The largest absolute Gasteiger partial charge is 0.497 e. The van der Waals surface area contributed by atoms with Gasteiger partial charge in [-0.05, 0) is 94.2 Å². The molecule has 0 aromatic heterocycles. The molecule has 0 bridgehead atoms. The number of piperidine rings is 1. The second-order valence-electron chi connectivity index (χ2n) is 13.2.